The van der Waals surface area contributed by atoms with Gasteiger partial charge in [-0.25, -0.2) is 0 Å². The van der Waals surface area contributed by atoms with Gasteiger partial charge >= 0.3 is 0 Å². The largest absolute Gasteiger partial charge is 0.390 e. The number of hydrogen-bond donors (Lipinski definition) is 1. The highest BCUT2D eigenvalue weighted by Crippen LogP contribution is 2.33. The summed E-state index contributed by atoms with van der Waals surface area (Å²) >= 11 is 0. The van der Waals surface area contributed by atoms with Gasteiger partial charge in [-0.3, -0.25) is 0 Å². The van der Waals surface area contributed by atoms with E-state index >= 15 is 0 Å². The van der Waals surface area contributed by atoms with Crippen LogP contribution in [0, 0.1) is 0 Å². The maximum atomic E-state index is 9.22. The van der Waals surface area contributed by atoms with Gasteiger partial charge in [-0.15, -0.1) is 0 Å². The minimum Gasteiger partial charge on any atom is -0.390 e. The second-order valence-corrected chi connectivity index (χ2v) is 2.43. The Balaban J connectivity index is 2.29. The first kappa shape index (κ1) is 5.10. The van der Waals surface area contributed by atoms with Crippen molar-refractivity contribution in [3.63, 3.8) is 0 Å². The Labute approximate surface area is 44.4 Å². The van der Waals surface area contributed by atoms with Crippen LogP contribution in [0.5, 0.6) is 0 Å². The summed E-state index contributed by atoms with van der Waals surface area (Å²) in [6.45, 7) is 2.04. The molecule has 0 aromatic heterocycles. The standard InChI is InChI=1S/C6H12O/c1-2-6(7)4-3-5-6/h7H,2-5H2,1H3. The van der Waals surface area contributed by atoms with Crippen molar-refractivity contribution in [1.82, 2.24) is 0 Å². The lowest BCUT2D eigenvalue weighted by atomic mass is 9.78. The fourth-order valence-corrected chi connectivity index (χ4v) is 0.938. The Bertz CT molecular complexity index is 59.1. The van der Waals surface area contributed by atoms with Gasteiger partial charge in [-0.05, 0) is 25.7 Å². The van der Waals surface area contributed by atoms with Crippen molar-refractivity contribution in [2.75, 3.05) is 0 Å². The van der Waals surface area contributed by atoms with Gasteiger partial charge < -0.3 is 5.11 Å². The van der Waals surface area contributed by atoms with Gasteiger partial charge in [0.05, 0.1) is 5.60 Å². The van der Waals surface area contributed by atoms with E-state index in [-0.39, 0.29) is 5.60 Å². The first-order valence-electron chi connectivity index (χ1n) is 2.99. The van der Waals surface area contributed by atoms with Gasteiger partial charge in [0, 0.05) is 0 Å². The molecule has 42 valence electrons. The molecule has 0 unspecified atom stereocenters. The third kappa shape index (κ3) is 0.778. The van der Waals surface area contributed by atoms with E-state index in [0.29, 0.717) is 0 Å². The number of hydrogen-bond acceptors (Lipinski definition) is 1. The monoisotopic (exact) mass is 100 g/mol. The van der Waals surface area contributed by atoms with Crippen LogP contribution in [0.4, 0.5) is 0 Å². The summed E-state index contributed by atoms with van der Waals surface area (Å²) in [4.78, 5) is 0. The number of aliphatic hydroxyl groups is 1. The molecule has 1 heteroatoms. The van der Waals surface area contributed by atoms with Crippen LogP contribution in [0.25, 0.3) is 0 Å². The molecule has 7 heavy (non-hydrogen) atoms. The van der Waals surface area contributed by atoms with Crippen LogP contribution in [-0.4, -0.2) is 10.7 Å². The van der Waals surface area contributed by atoms with Crippen molar-refractivity contribution >= 4 is 0 Å². The summed E-state index contributed by atoms with van der Waals surface area (Å²) in [6.07, 6.45) is 4.23. The smallest absolute Gasteiger partial charge is 0.0645 e. The quantitative estimate of drug-likeness (QED) is 0.526. The Morgan fingerprint density at radius 2 is 2.14 bits per heavy atom. The molecule has 0 bridgehead atoms. The molecule has 0 aliphatic heterocycles. The molecular formula is C6H12O. The summed E-state index contributed by atoms with van der Waals surface area (Å²) in [5, 5.41) is 9.22. The molecule has 0 amide bonds. The Hall–Kier alpha value is -0.0400. The zero-order valence-electron chi connectivity index (χ0n) is 4.78. The van der Waals surface area contributed by atoms with E-state index < -0.39 is 0 Å². The summed E-state index contributed by atoms with van der Waals surface area (Å²) < 4.78 is 0. The molecule has 0 aromatic rings. The SMILES string of the molecule is CCC1(O)CCC1. The number of rotatable bonds is 1. The highest BCUT2D eigenvalue weighted by molar-refractivity contribution is 4.85. The van der Waals surface area contributed by atoms with E-state index in [1.54, 1.807) is 0 Å². The van der Waals surface area contributed by atoms with Gasteiger partial charge in [-0.1, -0.05) is 6.92 Å². The fraction of sp³-hybridized carbons (Fsp3) is 1.00. The summed E-state index contributed by atoms with van der Waals surface area (Å²) in [5.41, 5.74) is -0.236. The summed E-state index contributed by atoms with van der Waals surface area (Å²) in [5.74, 6) is 0. The van der Waals surface area contributed by atoms with Crippen molar-refractivity contribution in [1.29, 1.82) is 0 Å². The second kappa shape index (κ2) is 1.48. The lowest BCUT2D eigenvalue weighted by molar-refractivity contribution is -0.0359. The molecule has 1 N–H and O–H groups in total. The van der Waals surface area contributed by atoms with Gasteiger partial charge in [0.15, 0.2) is 0 Å². The normalized spacial score (nSPS) is 26.6. The van der Waals surface area contributed by atoms with Crippen LogP contribution in [0.2, 0.25) is 0 Å². The van der Waals surface area contributed by atoms with E-state index in [1.165, 1.54) is 6.42 Å². The molecule has 0 spiro atoms. The highest BCUT2D eigenvalue weighted by Gasteiger charge is 2.31. The minimum atomic E-state index is -0.236. The lowest BCUT2D eigenvalue weighted by Gasteiger charge is -2.35. The van der Waals surface area contributed by atoms with Crippen LogP contribution in [-0.2, 0) is 0 Å². The minimum absolute atomic E-state index is 0.236. The van der Waals surface area contributed by atoms with Gasteiger partial charge in [0.25, 0.3) is 0 Å². The molecule has 1 aliphatic rings. The predicted molar refractivity (Wildman–Crippen MR) is 29.1 cm³/mol. The van der Waals surface area contributed by atoms with Crippen molar-refractivity contribution < 1.29 is 5.11 Å². The van der Waals surface area contributed by atoms with Crippen molar-refractivity contribution in [2.45, 2.75) is 38.2 Å². The van der Waals surface area contributed by atoms with Crippen LogP contribution in [0.15, 0.2) is 0 Å². The molecule has 1 nitrogen and oxygen atoms in total. The maximum absolute atomic E-state index is 9.22. The molecular weight excluding hydrogens is 88.1 g/mol. The molecule has 0 heterocycles. The second-order valence-electron chi connectivity index (χ2n) is 2.43. The first-order valence-corrected chi connectivity index (χ1v) is 2.99. The first-order chi connectivity index (χ1) is 3.27. The lowest BCUT2D eigenvalue weighted by Crippen LogP contribution is -2.35. The van der Waals surface area contributed by atoms with E-state index in [9.17, 15) is 5.11 Å². The van der Waals surface area contributed by atoms with Gasteiger partial charge in [-0.2, -0.15) is 0 Å². The van der Waals surface area contributed by atoms with E-state index in [4.69, 9.17) is 0 Å². The van der Waals surface area contributed by atoms with Crippen LogP contribution < -0.4 is 0 Å². The van der Waals surface area contributed by atoms with Crippen molar-refractivity contribution in [2.24, 2.45) is 0 Å². The van der Waals surface area contributed by atoms with Crippen molar-refractivity contribution in [3.8, 4) is 0 Å². The van der Waals surface area contributed by atoms with Gasteiger partial charge in [0.2, 0.25) is 0 Å². The molecule has 1 fully saturated rings. The average Bonchev–Trinajstić information content (AvgIpc) is 1.61. The zero-order valence-corrected chi connectivity index (χ0v) is 4.78. The molecule has 1 saturated carbocycles. The molecule has 0 saturated heterocycles. The molecule has 0 radical (unpaired) electrons. The molecule has 1 aliphatic carbocycles. The Morgan fingerprint density at radius 3 is 2.14 bits per heavy atom. The third-order valence-corrected chi connectivity index (χ3v) is 1.94. The summed E-state index contributed by atoms with van der Waals surface area (Å²) in [6, 6.07) is 0. The van der Waals surface area contributed by atoms with E-state index in [1.807, 2.05) is 6.92 Å². The van der Waals surface area contributed by atoms with Crippen LogP contribution in [0.1, 0.15) is 32.6 Å². The third-order valence-electron chi connectivity index (χ3n) is 1.94. The van der Waals surface area contributed by atoms with E-state index in [2.05, 4.69) is 0 Å². The molecule has 1 rings (SSSR count). The van der Waals surface area contributed by atoms with Crippen LogP contribution >= 0.6 is 0 Å². The van der Waals surface area contributed by atoms with Gasteiger partial charge in [0.1, 0.15) is 0 Å². The Morgan fingerprint density at radius 1 is 1.57 bits per heavy atom. The van der Waals surface area contributed by atoms with E-state index in [0.717, 1.165) is 19.3 Å². The fourth-order valence-electron chi connectivity index (χ4n) is 0.938. The van der Waals surface area contributed by atoms with Crippen molar-refractivity contribution in [3.05, 3.63) is 0 Å². The maximum Gasteiger partial charge on any atom is 0.0645 e. The summed E-state index contributed by atoms with van der Waals surface area (Å²) in [7, 11) is 0. The van der Waals surface area contributed by atoms with Crippen LogP contribution in [0.3, 0.4) is 0 Å². The topological polar surface area (TPSA) is 20.2 Å². The molecule has 0 aromatic carbocycles. The Kier molecular flexibility index (Phi) is 1.08. The highest BCUT2D eigenvalue weighted by atomic mass is 16.3. The zero-order chi connectivity index (χ0) is 5.33. The predicted octanol–water partition coefficient (Wildman–Crippen LogP) is 1.31. The molecule has 0 atom stereocenters. The average molecular weight is 100 g/mol.